The lowest BCUT2D eigenvalue weighted by Gasteiger charge is -2.32. The highest BCUT2D eigenvalue weighted by Crippen LogP contribution is 2.04. The zero-order valence-corrected chi connectivity index (χ0v) is 9.68. The Kier molecular flexibility index (Phi) is 4.70. The van der Waals surface area contributed by atoms with Gasteiger partial charge in [0, 0.05) is 13.1 Å². The maximum Gasteiger partial charge on any atom is 0.317 e. The first-order valence-electron chi connectivity index (χ1n) is 5.31. The molecule has 1 unspecified atom stereocenters. The first-order chi connectivity index (χ1) is 7.52. The molecule has 6 nitrogen and oxygen atoms in total. The quantitative estimate of drug-likeness (QED) is 0.688. The van der Waals surface area contributed by atoms with Crippen LogP contribution in [0.1, 0.15) is 6.92 Å². The largest absolute Gasteiger partial charge is 0.480 e. The molecule has 92 valence electrons. The maximum absolute atomic E-state index is 12.0. The Balaban J connectivity index is 2.48. The van der Waals surface area contributed by atoms with Gasteiger partial charge in [0.25, 0.3) is 0 Å². The Bertz CT molecular complexity index is 264. The van der Waals surface area contributed by atoms with Crippen molar-refractivity contribution in [2.24, 2.45) is 0 Å². The molecule has 0 aromatic carbocycles. The lowest BCUT2D eigenvalue weighted by molar-refractivity contribution is -0.143. The molecule has 0 radical (unpaired) electrons. The van der Waals surface area contributed by atoms with Crippen molar-refractivity contribution in [1.82, 2.24) is 9.80 Å². The number of carboxylic acids is 1. The molecule has 1 saturated heterocycles. The first kappa shape index (κ1) is 12.9. The van der Waals surface area contributed by atoms with Crippen molar-refractivity contribution in [2.75, 3.05) is 39.9 Å². The molecule has 0 aromatic heterocycles. The van der Waals surface area contributed by atoms with E-state index in [0.717, 1.165) is 0 Å². The average molecular weight is 230 g/mol. The molecule has 0 bridgehead atoms. The van der Waals surface area contributed by atoms with E-state index in [-0.39, 0.29) is 12.5 Å². The smallest absolute Gasteiger partial charge is 0.317 e. The van der Waals surface area contributed by atoms with Gasteiger partial charge in [0.15, 0.2) is 0 Å². The van der Waals surface area contributed by atoms with Gasteiger partial charge in [-0.15, -0.1) is 0 Å². The summed E-state index contributed by atoms with van der Waals surface area (Å²) >= 11 is 0. The van der Waals surface area contributed by atoms with Crippen molar-refractivity contribution in [1.29, 1.82) is 0 Å². The number of carbonyl (C=O) groups is 2. The number of ether oxygens (including phenoxy) is 1. The minimum atomic E-state index is -0.927. The molecule has 1 rings (SSSR count). The molecule has 0 aliphatic carbocycles. The molecule has 1 aliphatic heterocycles. The summed E-state index contributed by atoms with van der Waals surface area (Å²) in [7, 11) is 1.64. The minimum absolute atomic E-state index is 0.0351. The highest BCUT2D eigenvalue weighted by Gasteiger charge is 2.25. The summed E-state index contributed by atoms with van der Waals surface area (Å²) in [4.78, 5) is 25.7. The Morgan fingerprint density at radius 1 is 1.44 bits per heavy atom. The van der Waals surface area contributed by atoms with E-state index in [0.29, 0.717) is 26.3 Å². The number of rotatable bonds is 4. The van der Waals surface area contributed by atoms with Gasteiger partial charge in [0.05, 0.1) is 25.8 Å². The van der Waals surface area contributed by atoms with Gasteiger partial charge >= 0.3 is 5.97 Å². The van der Waals surface area contributed by atoms with Gasteiger partial charge in [-0.25, -0.2) is 0 Å². The van der Waals surface area contributed by atoms with E-state index >= 15 is 0 Å². The molecule has 1 N–H and O–H groups in total. The van der Waals surface area contributed by atoms with Gasteiger partial charge < -0.3 is 14.7 Å². The molecule has 0 saturated carbocycles. The number of hydrogen-bond donors (Lipinski definition) is 1. The van der Waals surface area contributed by atoms with E-state index in [1.165, 1.54) is 4.90 Å². The molecule has 1 amide bonds. The van der Waals surface area contributed by atoms with Crippen LogP contribution >= 0.6 is 0 Å². The number of morpholine rings is 1. The number of hydrogen-bond acceptors (Lipinski definition) is 4. The van der Waals surface area contributed by atoms with Gasteiger partial charge in [-0.1, -0.05) is 0 Å². The third-order valence-electron chi connectivity index (χ3n) is 2.73. The fourth-order valence-corrected chi connectivity index (χ4v) is 1.59. The summed E-state index contributed by atoms with van der Waals surface area (Å²) < 4.78 is 5.15. The van der Waals surface area contributed by atoms with Crippen LogP contribution in [0.25, 0.3) is 0 Å². The number of amides is 1. The molecule has 1 heterocycles. The van der Waals surface area contributed by atoms with Crippen molar-refractivity contribution >= 4 is 11.9 Å². The molecule has 1 atom stereocenters. The minimum Gasteiger partial charge on any atom is -0.480 e. The Hall–Kier alpha value is -1.14. The molecule has 16 heavy (non-hydrogen) atoms. The second kappa shape index (κ2) is 5.81. The van der Waals surface area contributed by atoms with Crippen LogP contribution in [-0.2, 0) is 14.3 Å². The van der Waals surface area contributed by atoms with E-state index in [1.807, 2.05) is 0 Å². The van der Waals surface area contributed by atoms with Crippen LogP contribution in [0.15, 0.2) is 0 Å². The van der Waals surface area contributed by atoms with Crippen molar-refractivity contribution < 1.29 is 19.4 Å². The number of carboxylic acid groups (broad SMARTS) is 1. The third kappa shape index (κ3) is 3.46. The van der Waals surface area contributed by atoms with Crippen LogP contribution in [0.3, 0.4) is 0 Å². The number of aliphatic carboxylic acids is 1. The Morgan fingerprint density at radius 2 is 2.00 bits per heavy atom. The second-order valence-corrected chi connectivity index (χ2v) is 3.92. The highest BCUT2D eigenvalue weighted by atomic mass is 16.5. The summed E-state index contributed by atoms with van der Waals surface area (Å²) in [5, 5.41) is 8.64. The molecular weight excluding hydrogens is 212 g/mol. The summed E-state index contributed by atoms with van der Waals surface area (Å²) in [6, 6.07) is -0.408. The summed E-state index contributed by atoms with van der Waals surface area (Å²) in [5.41, 5.74) is 0. The lowest BCUT2D eigenvalue weighted by Crippen LogP contribution is -2.50. The first-order valence-corrected chi connectivity index (χ1v) is 5.31. The lowest BCUT2D eigenvalue weighted by atomic mass is 10.2. The van der Waals surface area contributed by atoms with Crippen molar-refractivity contribution in [3.8, 4) is 0 Å². The summed E-state index contributed by atoms with van der Waals surface area (Å²) in [5.74, 6) is -0.962. The Labute approximate surface area is 94.8 Å². The van der Waals surface area contributed by atoms with Crippen LogP contribution < -0.4 is 0 Å². The fraction of sp³-hybridized carbons (Fsp3) is 0.800. The number of likely N-dealkylation sites (N-methyl/N-ethyl adjacent to an activating group) is 1. The van der Waals surface area contributed by atoms with Gasteiger partial charge in [0.2, 0.25) is 5.91 Å². The van der Waals surface area contributed by atoms with Gasteiger partial charge in [-0.2, -0.15) is 0 Å². The van der Waals surface area contributed by atoms with Gasteiger partial charge in [0.1, 0.15) is 0 Å². The van der Waals surface area contributed by atoms with Crippen LogP contribution in [0.5, 0.6) is 0 Å². The zero-order chi connectivity index (χ0) is 12.1. The molecule has 0 spiro atoms. The van der Waals surface area contributed by atoms with E-state index < -0.39 is 12.0 Å². The number of carbonyl (C=O) groups excluding carboxylic acids is 1. The van der Waals surface area contributed by atoms with Crippen molar-refractivity contribution in [3.63, 3.8) is 0 Å². The van der Waals surface area contributed by atoms with Crippen LogP contribution in [0.2, 0.25) is 0 Å². The average Bonchev–Trinajstić information content (AvgIpc) is 2.27. The molecule has 0 aromatic rings. The molecular formula is C10H18N2O4. The third-order valence-corrected chi connectivity index (χ3v) is 2.73. The van der Waals surface area contributed by atoms with Crippen LogP contribution in [0.4, 0.5) is 0 Å². The molecule has 6 heteroatoms. The maximum atomic E-state index is 12.0. The topological polar surface area (TPSA) is 70.1 Å². The van der Waals surface area contributed by atoms with E-state index in [2.05, 4.69) is 0 Å². The van der Waals surface area contributed by atoms with Crippen LogP contribution in [0, 0.1) is 0 Å². The highest BCUT2D eigenvalue weighted by molar-refractivity contribution is 5.82. The monoisotopic (exact) mass is 230 g/mol. The predicted molar refractivity (Wildman–Crippen MR) is 57.1 cm³/mol. The van der Waals surface area contributed by atoms with E-state index in [4.69, 9.17) is 9.84 Å². The standard InChI is InChI=1S/C10H18N2O4/c1-8(11(2)7-9(13)14)10(15)12-3-5-16-6-4-12/h8H,3-7H2,1-2H3,(H,13,14). The van der Waals surface area contributed by atoms with Crippen LogP contribution in [-0.4, -0.2) is 72.7 Å². The SMILES string of the molecule is CC(C(=O)N1CCOCC1)N(C)CC(=O)O. The number of nitrogens with zero attached hydrogens (tertiary/aromatic N) is 2. The second-order valence-electron chi connectivity index (χ2n) is 3.92. The summed E-state index contributed by atoms with van der Waals surface area (Å²) in [6.07, 6.45) is 0. The Morgan fingerprint density at radius 3 is 2.50 bits per heavy atom. The fourth-order valence-electron chi connectivity index (χ4n) is 1.59. The molecule has 1 fully saturated rings. The normalized spacial score (nSPS) is 18.6. The predicted octanol–water partition coefficient (Wildman–Crippen LogP) is -0.750. The van der Waals surface area contributed by atoms with Crippen molar-refractivity contribution in [2.45, 2.75) is 13.0 Å². The van der Waals surface area contributed by atoms with E-state index in [1.54, 1.807) is 18.9 Å². The zero-order valence-electron chi connectivity index (χ0n) is 9.68. The van der Waals surface area contributed by atoms with Gasteiger partial charge in [-0.05, 0) is 14.0 Å². The van der Waals surface area contributed by atoms with E-state index in [9.17, 15) is 9.59 Å². The van der Waals surface area contributed by atoms with Gasteiger partial charge in [-0.3, -0.25) is 14.5 Å². The summed E-state index contributed by atoms with van der Waals surface area (Å²) in [6.45, 7) is 3.88. The van der Waals surface area contributed by atoms with Crippen molar-refractivity contribution in [3.05, 3.63) is 0 Å². The molecule has 1 aliphatic rings.